The molecule has 0 fully saturated rings. The van der Waals surface area contributed by atoms with Crippen molar-refractivity contribution in [2.75, 3.05) is 0 Å². The van der Waals surface area contributed by atoms with Crippen LogP contribution < -0.4 is 15.2 Å². The molecule has 33 heavy (non-hydrogen) atoms. The third kappa shape index (κ3) is 3.79. The molecule has 0 saturated carbocycles. The number of nitrogens with two attached hydrogens (primary N) is 1. The maximum Gasteiger partial charge on any atom is 0.244 e. The standard InChI is InChI=1S/C26H19FN4O2/c27-21-12-5-4-9-18(21)15-32-19-11-6-10-17(13-19)22-20(14-28)25(29)33-26-23(22)24(30-31-26)16-7-2-1-3-8-16/h1-13,22H,15,29H2,(H,30,31). The van der Waals surface area contributed by atoms with Gasteiger partial charge in [-0.25, -0.2) is 4.39 Å². The lowest BCUT2D eigenvalue weighted by atomic mass is 9.83. The Bertz CT molecular complexity index is 1390. The Labute approximate surface area is 189 Å². The third-order valence-electron chi connectivity index (χ3n) is 5.54. The first kappa shape index (κ1) is 20.3. The minimum absolute atomic E-state index is 0.0128. The van der Waals surface area contributed by atoms with Gasteiger partial charge in [0.25, 0.3) is 0 Å². The highest BCUT2D eigenvalue weighted by molar-refractivity contribution is 5.70. The molecule has 0 aliphatic carbocycles. The van der Waals surface area contributed by atoms with Crippen LogP contribution in [-0.2, 0) is 6.61 Å². The Kier molecular flexibility index (Phi) is 5.25. The highest BCUT2D eigenvalue weighted by atomic mass is 19.1. The van der Waals surface area contributed by atoms with Crippen molar-refractivity contribution in [2.24, 2.45) is 5.73 Å². The second-order valence-corrected chi connectivity index (χ2v) is 7.56. The maximum atomic E-state index is 14.0. The average Bonchev–Trinajstić information content (AvgIpc) is 3.26. The van der Waals surface area contributed by atoms with E-state index in [1.165, 1.54) is 6.07 Å². The number of ether oxygens (including phenoxy) is 2. The van der Waals surface area contributed by atoms with Crippen LogP contribution in [0.1, 0.15) is 22.6 Å². The Morgan fingerprint density at radius 1 is 1.06 bits per heavy atom. The van der Waals surface area contributed by atoms with Crippen molar-refractivity contribution in [1.29, 1.82) is 5.26 Å². The van der Waals surface area contributed by atoms with Gasteiger partial charge in [0.2, 0.25) is 11.8 Å². The van der Waals surface area contributed by atoms with Crippen molar-refractivity contribution in [2.45, 2.75) is 12.5 Å². The number of benzene rings is 3. The molecule has 3 aromatic carbocycles. The van der Waals surface area contributed by atoms with Crippen molar-refractivity contribution < 1.29 is 13.9 Å². The van der Waals surface area contributed by atoms with Crippen LogP contribution in [0, 0.1) is 17.1 Å². The van der Waals surface area contributed by atoms with E-state index in [1.54, 1.807) is 24.3 Å². The summed E-state index contributed by atoms with van der Waals surface area (Å²) < 4.78 is 25.5. The van der Waals surface area contributed by atoms with Crippen LogP contribution in [0.25, 0.3) is 11.3 Å². The predicted molar refractivity (Wildman–Crippen MR) is 120 cm³/mol. The van der Waals surface area contributed by atoms with Gasteiger partial charge in [-0.3, -0.25) is 5.10 Å². The van der Waals surface area contributed by atoms with Gasteiger partial charge in [0.05, 0.1) is 17.2 Å². The van der Waals surface area contributed by atoms with Gasteiger partial charge >= 0.3 is 0 Å². The first-order valence-electron chi connectivity index (χ1n) is 10.3. The van der Waals surface area contributed by atoms with E-state index in [2.05, 4.69) is 16.3 Å². The summed E-state index contributed by atoms with van der Waals surface area (Å²) >= 11 is 0. The first-order valence-corrected chi connectivity index (χ1v) is 10.3. The number of fused-ring (bicyclic) bond motifs is 1. The van der Waals surface area contributed by atoms with Crippen LogP contribution in [0.5, 0.6) is 11.6 Å². The van der Waals surface area contributed by atoms with Gasteiger partial charge in [-0.2, -0.15) is 5.26 Å². The van der Waals surface area contributed by atoms with Crippen LogP contribution in [-0.4, -0.2) is 10.2 Å². The van der Waals surface area contributed by atoms with Crippen molar-refractivity contribution in [3.8, 4) is 29.0 Å². The fourth-order valence-electron chi connectivity index (χ4n) is 3.96. The number of nitrogens with one attached hydrogen (secondary N) is 1. The molecule has 1 atom stereocenters. The number of aromatic nitrogens is 2. The van der Waals surface area contributed by atoms with E-state index in [0.29, 0.717) is 17.2 Å². The second-order valence-electron chi connectivity index (χ2n) is 7.56. The summed E-state index contributed by atoms with van der Waals surface area (Å²) in [4.78, 5) is 0. The minimum Gasteiger partial charge on any atom is -0.489 e. The normalized spacial score (nSPS) is 14.8. The molecular formula is C26H19FN4O2. The number of hydrogen-bond donors (Lipinski definition) is 2. The van der Waals surface area contributed by atoms with Crippen LogP contribution in [0.2, 0.25) is 0 Å². The number of aromatic amines is 1. The number of nitrogens with zero attached hydrogens (tertiary/aromatic N) is 2. The van der Waals surface area contributed by atoms with E-state index >= 15 is 0 Å². The average molecular weight is 438 g/mol. The number of halogens is 1. The van der Waals surface area contributed by atoms with Crippen molar-refractivity contribution >= 4 is 0 Å². The summed E-state index contributed by atoms with van der Waals surface area (Å²) in [5.74, 6) is 0.0528. The number of rotatable bonds is 5. The SMILES string of the molecule is N#CC1=C(N)Oc2n[nH]c(-c3ccccc3)c2C1c1cccc(OCc2ccccc2F)c1. The van der Waals surface area contributed by atoms with E-state index in [9.17, 15) is 9.65 Å². The zero-order valence-corrected chi connectivity index (χ0v) is 17.5. The molecular weight excluding hydrogens is 419 g/mol. The quantitative estimate of drug-likeness (QED) is 0.456. The largest absolute Gasteiger partial charge is 0.489 e. The predicted octanol–water partition coefficient (Wildman–Crippen LogP) is 5.01. The summed E-state index contributed by atoms with van der Waals surface area (Å²) in [5, 5.41) is 17.2. The minimum atomic E-state index is -0.510. The lowest BCUT2D eigenvalue weighted by Gasteiger charge is -2.24. The Balaban J connectivity index is 1.55. The number of hydrogen-bond acceptors (Lipinski definition) is 5. The molecule has 0 bridgehead atoms. The molecule has 162 valence electrons. The monoisotopic (exact) mass is 438 g/mol. The van der Waals surface area contributed by atoms with E-state index in [1.807, 2.05) is 48.5 Å². The molecule has 0 amide bonds. The Morgan fingerprint density at radius 3 is 2.64 bits per heavy atom. The molecule has 6 nitrogen and oxygen atoms in total. The topological polar surface area (TPSA) is 97.0 Å². The van der Waals surface area contributed by atoms with Gasteiger partial charge in [-0.05, 0) is 29.3 Å². The molecule has 0 radical (unpaired) electrons. The van der Waals surface area contributed by atoms with Crippen molar-refractivity contribution in [1.82, 2.24) is 10.2 Å². The molecule has 1 unspecified atom stereocenters. The third-order valence-corrected chi connectivity index (χ3v) is 5.54. The van der Waals surface area contributed by atoms with Crippen LogP contribution >= 0.6 is 0 Å². The maximum absolute atomic E-state index is 14.0. The number of allylic oxidation sites excluding steroid dienone is 1. The molecule has 0 saturated heterocycles. The summed E-state index contributed by atoms with van der Waals surface area (Å²) in [5.41, 5.74) is 9.97. The lowest BCUT2D eigenvalue weighted by Crippen LogP contribution is -2.21. The highest BCUT2D eigenvalue weighted by Gasteiger charge is 2.35. The molecule has 5 rings (SSSR count). The van der Waals surface area contributed by atoms with Gasteiger partial charge in [0, 0.05) is 5.56 Å². The number of nitriles is 1. The summed E-state index contributed by atoms with van der Waals surface area (Å²) in [6.07, 6.45) is 0. The van der Waals surface area contributed by atoms with Crippen LogP contribution in [0.15, 0.2) is 90.3 Å². The molecule has 1 aliphatic rings. The van der Waals surface area contributed by atoms with Crippen molar-refractivity contribution in [3.05, 3.63) is 113 Å². The van der Waals surface area contributed by atoms with Gasteiger partial charge in [-0.15, -0.1) is 5.10 Å². The van der Waals surface area contributed by atoms with Gasteiger partial charge in [0.1, 0.15) is 29.8 Å². The van der Waals surface area contributed by atoms with Crippen LogP contribution in [0.3, 0.4) is 0 Å². The highest BCUT2D eigenvalue weighted by Crippen LogP contribution is 2.46. The smallest absolute Gasteiger partial charge is 0.244 e. The molecule has 1 aliphatic heterocycles. The molecule has 7 heteroatoms. The summed E-state index contributed by atoms with van der Waals surface area (Å²) in [6, 6.07) is 25.7. The fourth-order valence-corrected chi connectivity index (χ4v) is 3.96. The second kappa shape index (κ2) is 8.52. The van der Waals surface area contributed by atoms with E-state index in [0.717, 1.165) is 22.4 Å². The lowest BCUT2D eigenvalue weighted by molar-refractivity contribution is 0.299. The zero-order chi connectivity index (χ0) is 22.8. The summed E-state index contributed by atoms with van der Waals surface area (Å²) in [6.45, 7) is 0.0826. The molecule has 3 N–H and O–H groups in total. The van der Waals surface area contributed by atoms with Gasteiger partial charge in [0.15, 0.2) is 0 Å². The number of H-pyrrole nitrogens is 1. The Hall–Kier alpha value is -4.57. The Morgan fingerprint density at radius 2 is 1.85 bits per heavy atom. The van der Waals surface area contributed by atoms with Gasteiger partial charge < -0.3 is 15.2 Å². The van der Waals surface area contributed by atoms with Gasteiger partial charge in [-0.1, -0.05) is 60.7 Å². The summed E-state index contributed by atoms with van der Waals surface area (Å²) in [7, 11) is 0. The first-order chi connectivity index (χ1) is 16.2. The molecule has 2 heterocycles. The van der Waals surface area contributed by atoms with E-state index in [-0.39, 0.29) is 23.9 Å². The fraction of sp³-hybridized carbons (Fsp3) is 0.0769. The van der Waals surface area contributed by atoms with Crippen molar-refractivity contribution in [3.63, 3.8) is 0 Å². The molecule has 1 aromatic heterocycles. The molecule has 0 spiro atoms. The van der Waals surface area contributed by atoms with E-state index < -0.39 is 5.92 Å². The van der Waals surface area contributed by atoms with Crippen LogP contribution in [0.4, 0.5) is 4.39 Å². The zero-order valence-electron chi connectivity index (χ0n) is 17.5. The van der Waals surface area contributed by atoms with E-state index in [4.69, 9.17) is 15.2 Å². The molecule has 4 aromatic rings.